The van der Waals surface area contributed by atoms with Crippen LogP contribution in [0.1, 0.15) is 38.9 Å². The van der Waals surface area contributed by atoms with Crippen LogP contribution in [0.3, 0.4) is 0 Å². The van der Waals surface area contributed by atoms with Gasteiger partial charge in [-0.3, -0.25) is 13.9 Å². The first-order chi connectivity index (χ1) is 15.6. The normalized spacial score (nSPS) is 11.7. The molecule has 32 heavy (non-hydrogen) atoms. The van der Waals surface area contributed by atoms with Crippen molar-refractivity contribution in [2.45, 2.75) is 46.1 Å². The van der Waals surface area contributed by atoms with Gasteiger partial charge < -0.3 is 0 Å². The number of aromatic nitrogens is 5. The van der Waals surface area contributed by atoms with Crippen molar-refractivity contribution in [3.05, 3.63) is 69.2 Å². The van der Waals surface area contributed by atoms with Gasteiger partial charge in [-0.05, 0) is 42.8 Å². The van der Waals surface area contributed by atoms with E-state index in [9.17, 15) is 4.79 Å². The van der Waals surface area contributed by atoms with Gasteiger partial charge in [-0.25, -0.2) is 15.0 Å². The smallest absolute Gasteiger partial charge is 0.265 e. The van der Waals surface area contributed by atoms with Crippen molar-refractivity contribution in [3.8, 4) is 5.69 Å². The molecule has 6 nitrogen and oxygen atoms in total. The Hall–Kier alpha value is -3.06. The predicted molar refractivity (Wildman–Crippen MR) is 133 cm³/mol. The van der Waals surface area contributed by atoms with E-state index in [1.165, 1.54) is 0 Å². The zero-order valence-electron chi connectivity index (χ0n) is 18.2. The highest BCUT2D eigenvalue weighted by molar-refractivity contribution is 9.10. The first kappa shape index (κ1) is 20.8. The van der Waals surface area contributed by atoms with Crippen molar-refractivity contribution in [2.24, 2.45) is 0 Å². The third-order valence-corrected chi connectivity index (χ3v) is 6.36. The van der Waals surface area contributed by atoms with E-state index < -0.39 is 0 Å². The van der Waals surface area contributed by atoms with Gasteiger partial charge in [-0.2, -0.15) is 0 Å². The molecule has 0 spiro atoms. The third-order valence-electron chi connectivity index (χ3n) is 5.83. The molecular formula is C25H24BrN5O. The van der Waals surface area contributed by atoms with E-state index in [2.05, 4.69) is 22.9 Å². The van der Waals surface area contributed by atoms with Crippen molar-refractivity contribution in [3.63, 3.8) is 0 Å². The predicted octanol–water partition coefficient (Wildman–Crippen LogP) is 5.80. The number of nitrogens with zero attached hydrogens (tertiary/aromatic N) is 5. The highest BCUT2D eigenvalue weighted by Crippen LogP contribution is 2.29. The number of para-hydroxylation sites is 2. The molecule has 0 bridgehead atoms. The molecule has 0 fully saturated rings. The molecule has 3 heterocycles. The molecule has 5 aromatic rings. The summed E-state index contributed by atoms with van der Waals surface area (Å²) in [4.78, 5) is 28.6. The van der Waals surface area contributed by atoms with Crippen LogP contribution in [0.5, 0.6) is 0 Å². The Balaban J connectivity index is 1.91. The van der Waals surface area contributed by atoms with E-state index in [0.717, 1.165) is 46.3 Å². The van der Waals surface area contributed by atoms with Crippen LogP contribution in [-0.4, -0.2) is 24.1 Å². The molecule has 7 heteroatoms. The molecule has 0 saturated heterocycles. The minimum absolute atomic E-state index is 0.0339. The zero-order chi connectivity index (χ0) is 22.2. The first-order valence-corrected chi connectivity index (χ1v) is 11.9. The number of hydrogen-bond donors (Lipinski definition) is 0. The minimum Gasteiger partial charge on any atom is -0.296 e. The van der Waals surface area contributed by atoms with Gasteiger partial charge in [-0.15, -0.1) is 0 Å². The summed E-state index contributed by atoms with van der Waals surface area (Å²) >= 11 is 3.51. The van der Waals surface area contributed by atoms with Gasteiger partial charge in [-0.1, -0.05) is 54.8 Å². The SMILES string of the molecule is CCCCCn1c(CC)nc2c(c1=O)c1nc3ccccc3nc1n2-c1ccc(Br)cc1. The molecular weight excluding hydrogens is 466 g/mol. The average molecular weight is 490 g/mol. The van der Waals surface area contributed by atoms with Crippen molar-refractivity contribution in [2.75, 3.05) is 0 Å². The van der Waals surface area contributed by atoms with Crippen molar-refractivity contribution in [1.29, 1.82) is 0 Å². The average Bonchev–Trinajstić information content (AvgIpc) is 3.12. The summed E-state index contributed by atoms with van der Waals surface area (Å²) in [6.07, 6.45) is 3.82. The fourth-order valence-electron chi connectivity index (χ4n) is 4.23. The summed E-state index contributed by atoms with van der Waals surface area (Å²) in [7, 11) is 0. The van der Waals surface area contributed by atoms with E-state index in [1.54, 1.807) is 0 Å². The van der Waals surface area contributed by atoms with E-state index in [1.807, 2.05) is 64.6 Å². The standard InChI is InChI=1S/C25H24BrN5O/c1-3-5-8-15-30-20(4-2)29-23-21(25(30)32)22-24(28-19-10-7-6-9-18(19)27-22)31(23)17-13-11-16(26)12-14-17/h6-7,9-14H,3-5,8,15H2,1-2H3. The Morgan fingerprint density at radius 3 is 2.28 bits per heavy atom. The largest absolute Gasteiger partial charge is 0.296 e. The highest BCUT2D eigenvalue weighted by Gasteiger charge is 2.22. The monoisotopic (exact) mass is 489 g/mol. The molecule has 0 radical (unpaired) electrons. The lowest BCUT2D eigenvalue weighted by molar-refractivity contribution is 0.560. The molecule has 0 N–H and O–H groups in total. The summed E-state index contributed by atoms with van der Waals surface area (Å²) in [6, 6.07) is 15.7. The van der Waals surface area contributed by atoms with Crippen LogP contribution in [0.4, 0.5) is 0 Å². The number of unbranched alkanes of at least 4 members (excludes halogenated alkanes) is 2. The highest BCUT2D eigenvalue weighted by atomic mass is 79.9. The maximum atomic E-state index is 13.8. The molecule has 5 rings (SSSR count). The number of fused-ring (bicyclic) bond motifs is 4. The number of halogens is 1. The van der Waals surface area contributed by atoms with Crippen molar-refractivity contribution < 1.29 is 0 Å². The van der Waals surface area contributed by atoms with E-state index in [4.69, 9.17) is 15.0 Å². The molecule has 0 amide bonds. The second-order valence-corrected chi connectivity index (χ2v) is 8.86. The van der Waals surface area contributed by atoms with E-state index in [-0.39, 0.29) is 5.56 Å². The summed E-state index contributed by atoms with van der Waals surface area (Å²) in [6.45, 7) is 4.88. The number of aryl methyl sites for hydroxylation is 1. The number of hydrogen-bond acceptors (Lipinski definition) is 4. The molecule has 0 aliphatic rings. The molecule has 0 saturated carbocycles. The Morgan fingerprint density at radius 2 is 1.59 bits per heavy atom. The van der Waals surface area contributed by atoms with Gasteiger partial charge in [0.1, 0.15) is 16.7 Å². The molecule has 0 atom stereocenters. The van der Waals surface area contributed by atoms with Crippen LogP contribution in [0.2, 0.25) is 0 Å². The van der Waals surface area contributed by atoms with Gasteiger partial charge in [0.15, 0.2) is 11.3 Å². The topological polar surface area (TPSA) is 65.6 Å². The fraction of sp³-hybridized carbons (Fsp3) is 0.280. The van der Waals surface area contributed by atoms with Gasteiger partial charge in [0, 0.05) is 23.1 Å². The quantitative estimate of drug-likeness (QED) is 0.282. The molecule has 3 aromatic heterocycles. The van der Waals surface area contributed by atoms with Crippen LogP contribution >= 0.6 is 15.9 Å². The Morgan fingerprint density at radius 1 is 0.875 bits per heavy atom. The zero-order valence-corrected chi connectivity index (χ0v) is 19.8. The van der Waals surface area contributed by atoms with Crippen LogP contribution in [-0.2, 0) is 13.0 Å². The van der Waals surface area contributed by atoms with Gasteiger partial charge in [0.2, 0.25) is 0 Å². The van der Waals surface area contributed by atoms with Gasteiger partial charge in [0.05, 0.1) is 11.0 Å². The van der Waals surface area contributed by atoms with E-state index >= 15 is 0 Å². The lowest BCUT2D eigenvalue weighted by Gasteiger charge is -2.12. The summed E-state index contributed by atoms with van der Waals surface area (Å²) in [5, 5.41) is 0.537. The lowest BCUT2D eigenvalue weighted by Crippen LogP contribution is -2.25. The van der Waals surface area contributed by atoms with Gasteiger partial charge >= 0.3 is 0 Å². The Labute approximate surface area is 194 Å². The molecule has 2 aromatic carbocycles. The summed E-state index contributed by atoms with van der Waals surface area (Å²) < 4.78 is 4.78. The third kappa shape index (κ3) is 3.41. The molecule has 0 aliphatic carbocycles. The number of rotatable bonds is 6. The lowest BCUT2D eigenvalue weighted by atomic mass is 10.2. The van der Waals surface area contributed by atoms with Crippen molar-refractivity contribution in [1.82, 2.24) is 24.1 Å². The summed E-state index contributed by atoms with van der Waals surface area (Å²) in [5.41, 5.74) is 4.30. The Bertz CT molecular complexity index is 1500. The molecule has 0 aliphatic heterocycles. The van der Waals surface area contributed by atoms with E-state index in [0.29, 0.717) is 35.2 Å². The number of benzene rings is 2. The molecule has 0 unspecified atom stereocenters. The second-order valence-electron chi connectivity index (χ2n) is 7.94. The van der Waals surface area contributed by atoms with Gasteiger partial charge in [0.25, 0.3) is 5.56 Å². The van der Waals surface area contributed by atoms with Crippen molar-refractivity contribution >= 4 is 49.2 Å². The first-order valence-electron chi connectivity index (χ1n) is 11.1. The Kier molecular flexibility index (Phi) is 5.51. The fourth-order valence-corrected chi connectivity index (χ4v) is 4.49. The molecule has 162 valence electrons. The van der Waals surface area contributed by atoms with Crippen LogP contribution < -0.4 is 5.56 Å². The summed E-state index contributed by atoms with van der Waals surface area (Å²) in [5.74, 6) is 0.796. The van der Waals surface area contributed by atoms with Crippen LogP contribution in [0.15, 0.2) is 57.8 Å². The maximum absolute atomic E-state index is 13.8. The van der Waals surface area contributed by atoms with Crippen LogP contribution in [0, 0.1) is 0 Å². The maximum Gasteiger partial charge on any atom is 0.265 e. The van der Waals surface area contributed by atoms with Crippen LogP contribution in [0.25, 0.3) is 38.9 Å². The minimum atomic E-state index is -0.0339. The second kappa shape index (κ2) is 8.47.